The minimum Gasteiger partial charge on any atom is -0.487 e. The Labute approximate surface area is 255 Å². The fourth-order valence-corrected chi connectivity index (χ4v) is 5.35. The van der Waals surface area contributed by atoms with Crippen molar-refractivity contribution < 1.29 is 22.0 Å². The molecule has 0 aliphatic carbocycles. The minimum absolute atomic E-state index is 0.0923. The summed E-state index contributed by atoms with van der Waals surface area (Å²) in [6, 6.07) is 21.3. The van der Waals surface area contributed by atoms with Crippen LogP contribution in [0.2, 0.25) is 5.02 Å². The zero-order valence-electron chi connectivity index (χ0n) is 24.1. The second-order valence-corrected chi connectivity index (χ2v) is 13.3. The molecule has 2 aromatic heterocycles. The van der Waals surface area contributed by atoms with Crippen molar-refractivity contribution in [1.82, 2.24) is 14.9 Å². The molecule has 2 heterocycles. The SMILES string of the molecule is CC(C)N(CCS(C)(=O)=O)Cc1ccc(-c2ccc3ncnc(Nc4ccc(OCc5cccc(F)c5)c(Cl)c4)c3c2)o1. The van der Waals surface area contributed by atoms with Crippen molar-refractivity contribution in [2.45, 2.75) is 33.0 Å². The monoisotopic (exact) mass is 622 g/mol. The second kappa shape index (κ2) is 13.1. The van der Waals surface area contributed by atoms with Crippen molar-refractivity contribution in [2.24, 2.45) is 0 Å². The molecule has 0 aliphatic rings. The number of nitrogens with one attached hydrogen (secondary N) is 1. The van der Waals surface area contributed by atoms with Crippen LogP contribution in [0.5, 0.6) is 5.75 Å². The molecule has 5 rings (SSSR count). The van der Waals surface area contributed by atoms with Crippen LogP contribution in [0.1, 0.15) is 25.2 Å². The Morgan fingerprint density at radius 2 is 1.88 bits per heavy atom. The van der Waals surface area contributed by atoms with Crippen molar-refractivity contribution >= 4 is 43.8 Å². The molecule has 0 atom stereocenters. The lowest BCUT2D eigenvalue weighted by Gasteiger charge is -2.24. The van der Waals surface area contributed by atoms with E-state index in [-0.39, 0.29) is 24.2 Å². The number of anilines is 2. The van der Waals surface area contributed by atoms with Gasteiger partial charge in [-0.05, 0) is 80.1 Å². The lowest BCUT2D eigenvalue weighted by molar-refractivity contribution is 0.209. The quantitative estimate of drug-likeness (QED) is 0.155. The van der Waals surface area contributed by atoms with E-state index in [2.05, 4.69) is 20.2 Å². The maximum absolute atomic E-state index is 13.5. The number of halogens is 2. The van der Waals surface area contributed by atoms with Gasteiger partial charge in [-0.2, -0.15) is 0 Å². The fraction of sp³-hybridized carbons (Fsp3) is 0.250. The molecule has 5 aromatic rings. The van der Waals surface area contributed by atoms with Crippen molar-refractivity contribution in [3.05, 3.63) is 101 Å². The van der Waals surface area contributed by atoms with Gasteiger partial charge in [0.05, 0.1) is 22.8 Å². The summed E-state index contributed by atoms with van der Waals surface area (Å²) in [4.78, 5) is 10.9. The minimum atomic E-state index is -3.06. The summed E-state index contributed by atoms with van der Waals surface area (Å²) in [6.45, 7) is 5.18. The van der Waals surface area contributed by atoms with E-state index in [4.69, 9.17) is 20.8 Å². The Morgan fingerprint density at radius 3 is 2.63 bits per heavy atom. The lowest BCUT2D eigenvalue weighted by Crippen LogP contribution is -2.34. The summed E-state index contributed by atoms with van der Waals surface area (Å²) in [5, 5.41) is 4.51. The highest BCUT2D eigenvalue weighted by molar-refractivity contribution is 7.90. The molecular weight excluding hydrogens is 591 g/mol. The van der Waals surface area contributed by atoms with Crippen LogP contribution in [-0.4, -0.2) is 47.9 Å². The number of furan rings is 1. The maximum Gasteiger partial charge on any atom is 0.148 e. The zero-order chi connectivity index (χ0) is 30.6. The summed E-state index contributed by atoms with van der Waals surface area (Å²) in [5.41, 5.74) is 3.01. The summed E-state index contributed by atoms with van der Waals surface area (Å²) in [7, 11) is -3.06. The van der Waals surface area contributed by atoms with E-state index in [0.717, 1.165) is 22.2 Å². The van der Waals surface area contributed by atoms with Crippen LogP contribution in [0, 0.1) is 5.82 Å². The normalized spacial score (nSPS) is 11.9. The molecule has 43 heavy (non-hydrogen) atoms. The van der Waals surface area contributed by atoms with Crippen molar-refractivity contribution in [3.63, 3.8) is 0 Å². The second-order valence-electron chi connectivity index (χ2n) is 10.6. The molecule has 0 saturated carbocycles. The molecular formula is C32H32ClFN4O4S. The molecule has 0 radical (unpaired) electrons. The molecule has 0 fully saturated rings. The van der Waals surface area contributed by atoms with E-state index in [1.165, 1.54) is 24.7 Å². The first-order valence-corrected chi connectivity index (χ1v) is 16.2. The van der Waals surface area contributed by atoms with Crippen molar-refractivity contribution in [2.75, 3.05) is 23.9 Å². The van der Waals surface area contributed by atoms with Crippen LogP contribution in [0.25, 0.3) is 22.2 Å². The third kappa shape index (κ3) is 8.10. The third-order valence-electron chi connectivity index (χ3n) is 6.90. The molecule has 8 nitrogen and oxygen atoms in total. The highest BCUT2D eigenvalue weighted by atomic mass is 35.5. The van der Waals surface area contributed by atoms with E-state index in [1.807, 2.05) is 50.2 Å². The van der Waals surface area contributed by atoms with Gasteiger partial charge in [0.15, 0.2) is 0 Å². The molecule has 11 heteroatoms. The predicted molar refractivity (Wildman–Crippen MR) is 168 cm³/mol. The van der Waals surface area contributed by atoms with Crippen LogP contribution < -0.4 is 10.1 Å². The van der Waals surface area contributed by atoms with Gasteiger partial charge in [0.25, 0.3) is 0 Å². The van der Waals surface area contributed by atoms with Gasteiger partial charge in [0.1, 0.15) is 51.7 Å². The molecule has 0 amide bonds. The van der Waals surface area contributed by atoms with Gasteiger partial charge in [0.2, 0.25) is 0 Å². The van der Waals surface area contributed by atoms with Crippen LogP contribution >= 0.6 is 11.6 Å². The van der Waals surface area contributed by atoms with Gasteiger partial charge in [0, 0.05) is 35.5 Å². The fourth-order valence-electron chi connectivity index (χ4n) is 4.55. The molecule has 224 valence electrons. The van der Waals surface area contributed by atoms with E-state index in [9.17, 15) is 12.8 Å². The Kier molecular flexibility index (Phi) is 9.29. The molecule has 0 bridgehead atoms. The number of sulfone groups is 1. The number of aromatic nitrogens is 2. The number of benzene rings is 3. The Hall–Kier alpha value is -3.99. The van der Waals surface area contributed by atoms with Gasteiger partial charge < -0.3 is 14.5 Å². The average molecular weight is 623 g/mol. The number of rotatable bonds is 12. The van der Waals surface area contributed by atoms with E-state index >= 15 is 0 Å². The van der Waals surface area contributed by atoms with Gasteiger partial charge in [-0.1, -0.05) is 23.7 Å². The Morgan fingerprint density at radius 1 is 1.05 bits per heavy atom. The van der Waals surface area contributed by atoms with Gasteiger partial charge >= 0.3 is 0 Å². The molecule has 0 spiro atoms. The summed E-state index contributed by atoms with van der Waals surface area (Å²) in [5.74, 6) is 2.27. The lowest BCUT2D eigenvalue weighted by atomic mass is 10.1. The topological polar surface area (TPSA) is 97.6 Å². The molecule has 3 aromatic carbocycles. The first kappa shape index (κ1) is 30.5. The van der Waals surface area contributed by atoms with E-state index in [1.54, 1.807) is 24.3 Å². The number of ether oxygens (including phenoxy) is 1. The van der Waals surface area contributed by atoms with Crippen molar-refractivity contribution in [1.29, 1.82) is 0 Å². The molecule has 0 aliphatic heterocycles. The van der Waals surface area contributed by atoms with Crippen LogP contribution in [-0.2, 0) is 23.0 Å². The zero-order valence-corrected chi connectivity index (χ0v) is 25.6. The third-order valence-corrected chi connectivity index (χ3v) is 8.12. The van der Waals surface area contributed by atoms with Gasteiger partial charge in [-0.15, -0.1) is 0 Å². The number of hydrogen-bond acceptors (Lipinski definition) is 8. The van der Waals surface area contributed by atoms with Crippen LogP contribution in [0.3, 0.4) is 0 Å². The summed E-state index contributed by atoms with van der Waals surface area (Å²) < 4.78 is 48.8. The average Bonchev–Trinajstić information content (AvgIpc) is 3.43. The van der Waals surface area contributed by atoms with Crippen LogP contribution in [0.4, 0.5) is 15.9 Å². The predicted octanol–water partition coefficient (Wildman–Crippen LogP) is 7.26. The first-order valence-electron chi connectivity index (χ1n) is 13.7. The highest BCUT2D eigenvalue weighted by Gasteiger charge is 2.16. The highest BCUT2D eigenvalue weighted by Crippen LogP contribution is 2.33. The van der Waals surface area contributed by atoms with Crippen LogP contribution in [0.15, 0.2) is 83.5 Å². The molecule has 0 saturated heterocycles. The smallest absolute Gasteiger partial charge is 0.148 e. The summed E-state index contributed by atoms with van der Waals surface area (Å²) in [6.07, 6.45) is 2.74. The van der Waals surface area contributed by atoms with E-state index in [0.29, 0.717) is 46.7 Å². The van der Waals surface area contributed by atoms with Gasteiger partial charge in [-0.3, -0.25) is 4.90 Å². The number of hydrogen-bond donors (Lipinski definition) is 1. The first-order chi connectivity index (χ1) is 20.5. The maximum atomic E-state index is 13.5. The number of fused-ring (bicyclic) bond motifs is 1. The van der Waals surface area contributed by atoms with Crippen molar-refractivity contribution in [3.8, 4) is 17.1 Å². The summed E-state index contributed by atoms with van der Waals surface area (Å²) >= 11 is 6.50. The van der Waals surface area contributed by atoms with Gasteiger partial charge in [-0.25, -0.2) is 22.8 Å². The molecule has 0 unspecified atom stereocenters. The largest absolute Gasteiger partial charge is 0.487 e. The number of nitrogens with zero attached hydrogens (tertiary/aromatic N) is 3. The standard InChI is InChI=1S/C32H32ClFN4O4S/c1-21(2)38(13-14-43(3,39)40)18-26-9-12-30(42-26)23-7-10-29-27(16-23)32(36-20-35-29)37-25-8-11-31(28(33)17-25)41-19-22-5-4-6-24(34)15-22/h4-12,15-17,20-21H,13-14,18-19H2,1-3H3,(H,35,36,37). The molecule has 1 N–H and O–H groups in total. The van der Waals surface area contributed by atoms with E-state index < -0.39 is 9.84 Å². The Bertz CT molecular complexity index is 1840. The Balaban J connectivity index is 1.32.